The lowest BCUT2D eigenvalue weighted by atomic mass is 9.95. The van der Waals surface area contributed by atoms with E-state index in [1.54, 1.807) is 0 Å². The Morgan fingerprint density at radius 2 is 2.38 bits per heavy atom. The zero-order chi connectivity index (χ0) is 9.68. The summed E-state index contributed by atoms with van der Waals surface area (Å²) in [5.41, 5.74) is 5.11. The first kappa shape index (κ1) is 10.5. The number of nitrogens with two attached hydrogens (primary N) is 1. The third kappa shape index (κ3) is 3.74. The van der Waals surface area contributed by atoms with Crippen molar-refractivity contribution in [3.63, 3.8) is 0 Å². The van der Waals surface area contributed by atoms with E-state index in [1.165, 1.54) is 0 Å². The Labute approximate surface area is 78.7 Å². The average molecular weight is 186 g/mol. The van der Waals surface area contributed by atoms with Crippen molar-refractivity contribution < 1.29 is 9.90 Å². The van der Waals surface area contributed by atoms with Crippen molar-refractivity contribution in [2.75, 3.05) is 26.2 Å². The zero-order valence-corrected chi connectivity index (χ0v) is 7.91. The molecule has 1 rings (SSSR count). The number of aliphatic hydroxyl groups excluding tert-OH is 1. The number of hydrogen-bond donors (Lipinski definition) is 2. The predicted octanol–water partition coefficient (Wildman–Crippen LogP) is -0.434. The number of nitrogens with zero attached hydrogens (tertiary/aromatic N) is 1. The fraction of sp³-hybridized carbons (Fsp3) is 0.889. The van der Waals surface area contributed by atoms with E-state index in [2.05, 4.69) is 4.90 Å². The summed E-state index contributed by atoms with van der Waals surface area (Å²) >= 11 is 0. The van der Waals surface area contributed by atoms with Crippen LogP contribution >= 0.6 is 0 Å². The first-order chi connectivity index (χ1) is 6.22. The SMILES string of the molecule is NC(=O)CN1CCCC(CCO)C1. The minimum Gasteiger partial charge on any atom is -0.396 e. The van der Waals surface area contributed by atoms with Gasteiger partial charge >= 0.3 is 0 Å². The maximum Gasteiger partial charge on any atom is 0.231 e. The molecule has 4 heteroatoms. The third-order valence-electron chi connectivity index (χ3n) is 2.52. The van der Waals surface area contributed by atoms with Crippen molar-refractivity contribution in [2.24, 2.45) is 11.7 Å². The Bertz CT molecular complexity index is 171. The summed E-state index contributed by atoms with van der Waals surface area (Å²) in [5, 5.41) is 8.78. The van der Waals surface area contributed by atoms with Gasteiger partial charge in [0.1, 0.15) is 0 Å². The molecule has 76 valence electrons. The molecule has 13 heavy (non-hydrogen) atoms. The lowest BCUT2D eigenvalue weighted by Crippen LogP contribution is -2.41. The highest BCUT2D eigenvalue weighted by Gasteiger charge is 2.19. The van der Waals surface area contributed by atoms with Crippen LogP contribution < -0.4 is 5.73 Å². The van der Waals surface area contributed by atoms with Gasteiger partial charge in [-0.05, 0) is 31.7 Å². The molecule has 0 aromatic heterocycles. The van der Waals surface area contributed by atoms with Gasteiger partial charge in [-0.2, -0.15) is 0 Å². The third-order valence-corrected chi connectivity index (χ3v) is 2.52. The summed E-state index contributed by atoms with van der Waals surface area (Å²) in [6, 6.07) is 0. The summed E-state index contributed by atoms with van der Waals surface area (Å²) < 4.78 is 0. The number of carbonyl (C=O) groups is 1. The smallest absolute Gasteiger partial charge is 0.231 e. The van der Waals surface area contributed by atoms with Crippen LogP contribution in [0.1, 0.15) is 19.3 Å². The number of rotatable bonds is 4. The van der Waals surface area contributed by atoms with Gasteiger partial charge in [-0.1, -0.05) is 0 Å². The molecular weight excluding hydrogens is 168 g/mol. The van der Waals surface area contributed by atoms with Crippen molar-refractivity contribution in [1.82, 2.24) is 4.90 Å². The van der Waals surface area contributed by atoms with Crippen LogP contribution in [0.2, 0.25) is 0 Å². The number of hydrogen-bond acceptors (Lipinski definition) is 3. The van der Waals surface area contributed by atoms with E-state index in [9.17, 15) is 4.79 Å². The van der Waals surface area contributed by atoms with Crippen LogP contribution in [0.4, 0.5) is 0 Å². The number of piperidine rings is 1. The van der Waals surface area contributed by atoms with Gasteiger partial charge in [0.2, 0.25) is 5.91 Å². The zero-order valence-electron chi connectivity index (χ0n) is 7.91. The lowest BCUT2D eigenvalue weighted by molar-refractivity contribution is -0.119. The number of likely N-dealkylation sites (tertiary alicyclic amines) is 1. The molecule has 0 aliphatic carbocycles. The van der Waals surface area contributed by atoms with Crippen LogP contribution in [0.5, 0.6) is 0 Å². The Balaban J connectivity index is 2.28. The Morgan fingerprint density at radius 3 is 3.00 bits per heavy atom. The standard InChI is InChI=1S/C9H18N2O2/c10-9(13)7-11-4-1-2-8(6-11)3-5-12/h8,12H,1-7H2,(H2,10,13). The van der Waals surface area contributed by atoms with Crippen LogP contribution in [0.25, 0.3) is 0 Å². The maximum absolute atomic E-state index is 10.7. The van der Waals surface area contributed by atoms with Crippen molar-refractivity contribution in [1.29, 1.82) is 0 Å². The molecule has 3 N–H and O–H groups in total. The molecule has 1 heterocycles. The Morgan fingerprint density at radius 1 is 1.62 bits per heavy atom. The van der Waals surface area contributed by atoms with Crippen molar-refractivity contribution in [3.05, 3.63) is 0 Å². The maximum atomic E-state index is 10.7. The topological polar surface area (TPSA) is 66.6 Å². The van der Waals surface area contributed by atoms with E-state index >= 15 is 0 Å². The summed E-state index contributed by atoms with van der Waals surface area (Å²) in [5.74, 6) is 0.280. The quantitative estimate of drug-likeness (QED) is 0.626. The Hall–Kier alpha value is -0.610. The van der Waals surface area contributed by atoms with E-state index in [0.29, 0.717) is 12.5 Å². The van der Waals surface area contributed by atoms with Gasteiger partial charge < -0.3 is 10.8 Å². The molecular formula is C9H18N2O2. The molecule has 0 saturated carbocycles. The van der Waals surface area contributed by atoms with Gasteiger partial charge in [0, 0.05) is 13.2 Å². The number of primary amides is 1. The number of amides is 1. The predicted molar refractivity (Wildman–Crippen MR) is 50.1 cm³/mol. The molecule has 0 aromatic carbocycles. The molecule has 0 bridgehead atoms. The second-order valence-electron chi connectivity index (χ2n) is 3.72. The molecule has 1 unspecified atom stereocenters. The molecule has 0 radical (unpaired) electrons. The van der Waals surface area contributed by atoms with Gasteiger partial charge in [-0.3, -0.25) is 9.69 Å². The Kier molecular flexibility index (Phi) is 4.18. The highest BCUT2D eigenvalue weighted by Crippen LogP contribution is 2.18. The molecule has 1 aliphatic heterocycles. The largest absolute Gasteiger partial charge is 0.396 e. The monoisotopic (exact) mass is 186 g/mol. The summed E-state index contributed by atoms with van der Waals surface area (Å²) in [4.78, 5) is 12.7. The van der Waals surface area contributed by atoms with E-state index < -0.39 is 0 Å². The lowest BCUT2D eigenvalue weighted by Gasteiger charge is -2.31. The summed E-state index contributed by atoms with van der Waals surface area (Å²) in [6.45, 7) is 2.48. The molecule has 1 atom stereocenters. The van der Waals surface area contributed by atoms with E-state index in [1.807, 2.05) is 0 Å². The number of aliphatic hydroxyl groups is 1. The van der Waals surface area contributed by atoms with E-state index in [4.69, 9.17) is 10.8 Å². The summed E-state index contributed by atoms with van der Waals surface area (Å²) in [6.07, 6.45) is 3.11. The molecule has 0 aromatic rings. The minimum absolute atomic E-state index is 0.245. The molecule has 0 spiro atoms. The molecule has 1 saturated heterocycles. The van der Waals surface area contributed by atoms with E-state index in [0.717, 1.165) is 32.4 Å². The van der Waals surface area contributed by atoms with E-state index in [-0.39, 0.29) is 12.5 Å². The number of carbonyl (C=O) groups excluding carboxylic acids is 1. The highest BCUT2D eigenvalue weighted by atomic mass is 16.3. The molecule has 1 fully saturated rings. The van der Waals surface area contributed by atoms with Crippen molar-refractivity contribution >= 4 is 5.91 Å². The summed E-state index contributed by atoms with van der Waals surface area (Å²) in [7, 11) is 0. The normalized spacial score (nSPS) is 24.5. The van der Waals surface area contributed by atoms with Gasteiger partial charge in [-0.25, -0.2) is 0 Å². The first-order valence-electron chi connectivity index (χ1n) is 4.84. The first-order valence-corrected chi connectivity index (χ1v) is 4.84. The van der Waals surface area contributed by atoms with Crippen LogP contribution in [-0.2, 0) is 4.79 Å². The van der Waals surface area contributed by atoms with Crippen LogP contribution in [0.3, 0.4) is 0 Å². The van der Waals surface area contributed by atoms with Crippen LogP contribution in [-0.4, -0.2) is 42.2 Å². The molecule has 1 aliphatic rings. The van der Waals surface area contributed by atoms with Crippen molar-refractivity contribution in [2.45, 2.75) is 19.3 Å². The van der Waals surface area contributed by atoms with Gasteiger partial charge in [-0.15, -0.1) is 0 Å². The van der Waals surface area contributed by atoms with Gasteiger partial charge in [0.15, 0.2) is 0 Å². The van der Waals surface area contributed by atoms with Crippen LogP contribution in [0.15, 0.2) is 0 Å². The van der Waals surface area contributed by atoms with Crippen molar-refractivity contribution in [3.8, 4) is 0 Å². The second-order valence-corrected chi connectivity index (χ2v) is 3.72. The highest BCUT2D eigenvalue weighted by molar-refractivity contribution is 5.75. The fourth-order valence-electron chi connectivity index (χ4n) is 1.93. The van der Waals surface area contributed by atoms with Crippen LogP contribution in [0, 0.1) is 5.92 Å². The average Bonchev–Trinajstić information content (AvgIpc) is 2.04. The molecule has 4 nitrogen and oxygen atoms in total. The second kappa shape index (κ2) is 5.19. The minimum atomic E-state index is -0.260. The van der Waals surface area contributed by atoms with Gasteiger partial charge in [0.05, 0.1) is 6.54 Å². The molecule has 1 amide bonds. The van der Waals surface area contributed by atoms with Gasteiger partial charge in [0.25, 0.3) is 0 Å². The fourth-order valence-corrected chi connectivity index (χ4v) is 1.93.